The Bertz CT molecular complexity index is 490. The number of carboxylic acid groups (broad SMARTS) is 1. The normalized spacial score (nSPS) is 19.7. The van der Waals surface area contributed by atoms with Gasteiger partial charge < -0.3 is 20.4 Å². The van der Waals surface area contributed by atoms with Gasteiger partial charge in [-0.05, 0) is 50.0 Å². The zero-order valence-electron chi connectivity index (χ0n) is 15.1. The first kappa shape index (κ1) is 21.6. The lowest BCUT2D eigenvalue weighted by molar-refractivity contribution is -0.235. The fourth-order valence-corrected chi connectivity index (χ4v) is 2.94. The van der Waals surface area contributed by atoms with E-state index in [9.17, 15) is 20.1 Å². The van der Waals surface area contributed by atoms with Crippen LogP contribution in [0, 0.1) is 5.92 Å². The minimum Gasteiger partial charge on any atom is -0.477 e. The molecule has 142 valence electrons. The van der Waals surface area contributed by atoms with Crippen LogP contribution in [-0.2, 0) is 4.79 Å². The second-order valence-corrected chi connectivity index (χ2v) is 6.72. The lowest BCUT2D eigenvalue weighted by Crippen LogP contribution is -2.49. The van der Waals surface area contributed by atoms with E-state index < -0.39 is 17.9 Å². The van der Waals surface area contributed by atoms with E-state index in [1.807, 2.05) is 6.08 Å². The highest BCUT2D eigenvalue weighted by atomic mass is 16.6. The number of hydrogen-bond donors (Lipinski definition) is 4. The van der Waals surface area contributed by atoms with E-state index in [4.69, 9.17) is 5.11 Å². The Morgan fingerprint density at radius 2 is 2.04 bits per heavy atom. The van der Waals surface area contributed by atoms with Crippen molar-refractivity contribution in [2.75, 3.05) is 0 Å². The Balaban J connectivity index is 2.35. The smallest absolute Gasteiger partial charge is 0.366 e. The van der Waals surface area contributed by atoms with Crippen molar-refractivity contribution in [3.05, 3.63) is 36.0 Å². The first-order chi connectivity index (χ1) is 11.9. The number of hydrogen-bond acceptors (Lipinski definition) is 4. The molecular weight excluding hydrogens is 320 g/mol. The number of carbonyl (C=O) groups is 1. The van der Waals surface area contributed by atoms with Crippen molar-refractivity contribution in [3.63, 3.8) is 0 Å². The van der Waals surface area contributed by atoms with Crippen LogP contribution >= 0.6 is 0 Å². The quantitative estimate of drug-likeness (QED) is 0.245. The maximum Gasteiger partial charge on any atom is 0.366 e. The molecule has 0 amide bonds. The summed E-state index contributed by atoms with van der Waals surface area (Å²) in [7, 11) is 0. The monoisotopic (exact) mass is 352 g/mol. The van der Waals surface area contributed by atoms with Crippen LogP contribution in [0.15, 0.2) is 36.0 Å². The van der Waals surface area contributed by atoms with E-state index in [1.54, 1.807) is 6.08 Å². The van der Waals surface area contributed by atoms with Crippen LogP contribution in [0.3, 0.4) is 0 Å². The van der Waals surface area contributed by atoms with E-state index in [0.717, 1.165) is 25.7 Å². The topological polar surface area (TPSA) is 98.0 Å². The van der Waals surface area contributed by atoms with Gasteiger partial charge in [-0.1, -0.05) is 56.6 Å². The molecule has 0 heterocycles. The molecular formula is C20H32O5. The van der Waals surface area contributed by atoms with Gasteiger partial charge in [-0.25, -0.2) is 4.79 Å². The van der Waals surface area contributed by atoms with Gasteiger partial charge in [0.2, 0.25) is 0 Å². The minimum atomic E-state index is -3.11. The molecule has 0 radical (unpaired) electrons. The molecule has 0 aromatic heterocycles. The van der Waals surface area contributed by atoms with Crippen LogP contribution in [0.2, 0.25) is 0 Å². The number of allylic oxidation sites excluding steroid dienone is 5. The van der Waals surface area contributed by atoms with Gasteiger partial charge in [-0.15, -0.1) is 0 Å². The summed E-state index contributed by atoms with van der Waals surface area (Å²) in [5.74, 6) is -4.52. The van der Waals surface area contributed by atoms with Crippen molar-refractivity contribution in [1.82, 2.24) is 0 Å². The van der Waals surface area contributed by atoms with Crippen molar-refractivity contribution in [1.29, 1.82) is 0 Å². The predicted octanol–water partition coefficient (Wildman–Crippen LogP) is 3.31. The second kappa shape index (κ2) is 11.2. The molecule has 0 aromatic rings. The Morgan fingerprint density at radius 3 is 2.72 bits per heavy atom. The molecule has 0 aliphatic heterocycles. The highest BCUT2D eigenvalue weighted by Gasteiger charge is 2.40. The van der Waals surface area contributed by atoms with E-state index >= 15 is 0 Å². The number of aliphatic carboxylic acids is 1. The average molecular weight is 352 g/mol. The van der Waals surface area contributed by atoms with Crippen molar-refractivity contribution >= 4 is 5.97 Å². The molecule has 0 bridgehead atoms. The zero-order valence-corrected chi connectivity index (χ0v) is 15.1. The van der Waals surface area contributed by atoms with E-state index in [0.29, 0.717) is 5.92 Å². The molecule has 2 atom stereocenters. The first-order valence-electron chi connectivity index (χ1n) is 9.27. The molecule has 0 saturated carbocycles. The third-order valence-electron chi connectivity index (χ3n) is 4.63. The van der Waals surface area contributed by atoms with Gasteiger partial charge in [0, 0.05) is 0 Å². The lowest BCUT2D eigenvalue weighted by atomic mass is 9.96. The van der Waals surface area contributed by atoms with Crippen LogP contribution < -0.4 is 0 Å². The summed E-state index contributed by atoms with van der Waals surface area (Å²) in [5.41, 5.74) is 1.34. The van der Waals surface area contributed by atoms with Crippen LogP contribution in [-0.4, -0.2) is 38.3 Å². The molecule has 4 N–H and O–H groups in total. The van der Waals surface area contributed by atoms with Gasteiger partial charge in [0.25, 0.3) is 5.79 Å². The van der Waals surface area contributed by atoms with E-state index in [2.05, 4.69) is 25.2 Å². The Kier molecular flexibility index (Phi) is 9.71. The van der Waals surface area contributed by atoms with Crippen molar-refractivity contribution in [3.8, 4) is 0 Å². The van der Waals surface area contributed by atoms with Gasteiger partial charge in [0.05, 0.1) is 0 Å². The summed E-state index contributed by atoms with van der Waals surface area (Å²) in [6.07, 6.45) is 17.4. The minimum absolute atomic E-state index is 0.113. The summed E-state index contributed by atoms with van der Waals surface area (Å²) < 4.78 is 0. The standard InChI is InChI=1S/C20H32O5/c1-2-3-4-5-6-7-11-16-13-10-14-17(16)12-8-9-15-18(21)20(24,25)19(22)23/h7-9,11,13,17-18,21,24-25H,2-6,10,12,14-15H2,1H3,(H,22,23)/b9-8-,11-7+/t17-,18?/m0/s1. The average Bonchev–Trinajstić information content (AvgIpc) is 3.01. The zero-order chi connectivity index (χ0) is 18.7. The Morgan fingerprint density at radius 1 is 1.28 bits per heavy atom. The van der Waals surface area contributed by atoms with Crippen molar-refractivity contribution < 1.29 is 25.2 Å². The van der Waals surface area contributed by atoms with Crippen LogP contribution in [0.5, 0.6) is 0 Å². The summed E-state index contributed by atoms with van der Waals surface area (Å²) in [5, 5.41) is 36.7. The summed E-state index contributed by atoms with van der Waals surface area (Å²) in [6.45, 7) is 2.21. The Labute approximate surface area is 150 Å². The summed E-state index contributed by atoms with van der Waals surface area (Å²) in [6, 6.07) is 0. The van der Waals surface area contributed by atoms with Gasteiger partial charge in [0.1, 0.15) is 6.10 Å². The number of rotatable bonds is 12. The van der Waals surface area contributed by atoms with Crippen LogP contribution in [0.1, 0.15) is 64.7 Å². The van der Waals surface area contributed by atoms with Gasteiger partial charge in [-0.2, -0.15) is 0 Å². The predicted molar refractivity (Wildman–Crippen MR) is 97.9 cm³/mol. The fraction of sp³-hybridized carbons (Fsp3) is 0.650. The Hall–Kier alpha value is -1.43. The van der Waals surface area contributed by atoms with E-state index in [1.165, 1.54) is 31.3 Å². The molecule has 0 aromatic carbocycles. The third kappa shape index (κ3) is 7.55. The number of aliphatic hydroxyl groups is 3. The number of carboxylic acids is 1. The molecule has 5 nitrogen and oxygen atoms in total. The molecule has 1 aliphatic carbocycles. The molecule has 5 heteroatoms. The lowest BCUT2D eigenvalue weighted by Gasteiger charge is -2.21. The second-order valence-electron chi connectivity index (χ2n) is 6.72. The highest BCUT2D eigenvalue weighted by Crippen LogP contribution is 2.30. The molecule has 0 spiro atoms. The van der Waals surface area contributed by atoms with E-state index in [-0.39, 0.29) is 6.42 Å². The molecule has 25 heavy (non-hydrogen) atoms. The SMILES string of the molecule is CCCCCC/C=C/C1=CCC[C@@H]1C/C=C\CC(O)C(O)(O)C(=O)O. The summed E-state index contributed by atoms with van der Waals surface area (Å²) in [4.78, 5) is 10.6. The maximum atomic E-state index is 10.6. The third-order valence-corrected chi connectivity index (χ3v) is 4.63. The number of aliphatic hydroxyl groups excluding tert-OH is 1. The first-order valence-corrected chi connectivity index (χ1v) is 9.27. The van der Waals surface area contributed by atoms with Gasteiger partial charge >= 0.3 is 5.97 Å². The molecule has 1 aliphatic rings. The van der Waals surface area contributed by atoms with Crippen LogP contribution in [0.25, 0.3) is 0 Å². The van der Waals surface area contributed by atoms with Crippen molar-refractivity contribution in [2.45, 2.75) is 76.6 Å². The fourth-order valence-electron chi connectivity index (χ4n) is 2.94. The molecule has 0 saturated heterocycles. The molecule has 1 unspecified atom stereocenters. The number of unbranched alkanes of at least 4 members (excludes halogenated alkanes) is 4. The van der Waals surface area contributed by atoms with Crippen molar-refractivity contribution in [2.24, 2.45) is 5.92 Å². The summed E-state index contributed by atoms with van der Waals surface area (Å²) >= 11 is 0. The highest BCUT2D eigenvalue weighted by molar-refractivity contribution is 5.75. The maximum absolute atomic E-state index is 10.6. The molecule has 0 fully saturated rings. The molecule has 1 rings (SSSR count). The van der Waals surface area contributed by atoms with Gasteiger partial charge in [-0.3, -0.25) is 0 Å². The largest absolute Gasteiger partial charge is 0.477 e. The van der Waals surface area contributed by atoms with Crippen LogP contribution in [0.4, 0.5) is 0 Å². The van der Waals surface area contributed by atoms with Gasteiger partial charge in [0.15, 0.2) is 0 Å².